The quantitative estimate of drug-likeness (QED) is 0.818. The molecule has 0 radical (unpaired) electrons. The van der Waals surface area contributed by atoms with Crippen molar-refractivity contribution in [3.8, 4) is 5.75 Å². The number of rotatable bonds is 4. The first-order valence-corrected chi connectivity index (χ1v) is 6.59. The number of hydrogen-bond acceptors (Lipinski definition) is 2. The third-order valence-electron chi connectivity index (χ3n) is 3.79. The minimum Gasteiger partial charge on any atom is -0.497 e. The molecule has 1 aromatic rings. The number of nitrogens with zero attached hydrogens (tertiary/aromatic N) is 1. The second-order valence-electron chi connectivity index (χ2n) is 5.00. The van der Waals surface area contributed by atoms with Gasteiger partial charge >= 0.3 is 0 Å². The van der Waals surface area contributed by atoms with E-state index in [2.05, 4.69) is 13.8 Å². The van der Waals surface area contributed by atoms with E-state index < -0.39 is 0 Å². The molecule has 0 bridgehead atoms. The Hall–Kier alpha value is -1.51. The van der Waals surface area contributed by atoms with Crippen LogP contribution in [0.3, 0.4) is 0 Å². The van der Waals surface area contributed by atoms with E-state index in [1.807, 2.05) is 29.2 Å². The minimum atomic E-state index is 0.221. The molecule has 0 spiro atoms. The minimum absolute atomic E-state index is 0.221. The summed E-state index contributed by atoms with van der Waals surface area (Å²) in [6.45, 7) is 4.93. The molecule has 2 rings (SSSR count). The van der Waals surface area contributed by atoms with Gasteiger partial charge in [-0.25, -0.2) is 0 Å². The highest BCUT2D eigenvalue weighted by molar-refractivity contribution is 5.81. The van der Waals surface area contributed by atoms with Crippen LogP contribution in [0.4, 0.5) is 0 Å². The Kier molecular flexibility index (Phi) is 3.90. The van der Waals surface area contributed by atoms with Gasteiger partial charge in [0.2, 0.25) is 5.91 Å². The summed E-state index contributed by atoms with van der Waals surface area (Å²) in [5.41, 5.74) is 1.16. The van der Waals surface area contributed by atoms with Crippen LogP contribution in [0, 0.1) is 5.92 Å². The number of methoxy groups -OCH3 is 1. The SMILES string of the molecule is CCC1CC(C)N(Cc2ccc(OC)cc2)C1=O. The largest absolute Gasteiger partial charge is 0.497 e. The van der Waals surface area contributed by atoms with Gasteiger partial charge < -0.3 is 9.64 Å². The van der Waals surface area contributed by atoms with Crippen LogP contribution in [0.5, 0.6) is 5.75 Å². The molecule has 1 amide bonds. The highest BCUT2D eigenvalue weighted by Gasteiger charge is 2.35. The van der Waals surface area contributed by atoms with Crippen LogP contribution < -0.4 is 4.74 Å². The van der Waals surface area contributed by atoms with Crippen LogP contribution in [-0.2, 0) is 11.3 Å². The van der Waals surface area contributed by atoms with E-state index in [1.165, 1.54) is 0 Å². The van der Waals surface area contributed by atoms with Gasteiger partial charge in [-0.1, -0.05) is 19.1 Å². The zero-order chi connectivity index (χ0) is 13.1. The number of benzene rings is 1. The van der Waals surface area contributed by atoms with Gasteiger partial charge in [0.05, 0.1) is 7.11 Å². The van der Waals surface area contributed by atoms with E-state index in [1.54, 1.807) is 7.11 Å². The molecule has 1 aliphatic rings. The van der Waals surface area contributed by atoms with Gasteiger partial charge in [0.1, 0.15) is 5.75 Å². The number of likely N-dealkylation sites (tertiary alicyclic amines) is 1. The predicted molar refractivity (Wildman–Crippen MR) is 71.4 cm³/mol. The highest BCUT2D eigenvalue weighted by atomic mass is 16.5. The van der Waals surface area contributed by atoms with Crippen LogP contribution in [0.2, 0.25) is 0 Å². The van der Waals surface area contributed by atoms with Crippen molar-refractivity contribution >= 4 is 5.91 Å². The fourth-order valence-electron chi connectivity index (χ4n) is 2.59. The van der Waals surface area contributed by atoms with E-state index in [9.17, 15) is 4.79 Å². The molecule has 0 saturated carbocycles. The van der Waals surface area contributed by atoms with Crippen molar-refractivity contribution in [3.63, 3.8) is 0 Å². The number of hydrogen-bond donors (Lipinski definition) is 0. The molecule has 1 heterocycles. The van der Waals surface area contributed by atoms with E-state index >= 15 is 0 Å². The van der Waals surface area contributed by atoms with Crippen molar-refractivity contribution in [1.29, 1.82) is 0 Å². The Labute approximate surface area is 109 Å². The first kappa shape index (κ1) is 12.9. The molecule has 3 nitrogen and oxygen atoms in total. The number of carbonyl (C=O) groups is 1. The Bertz CT molecular complexity index is 413. The molecule has 98 valence electrons. The number of amides is 1. The molecule has 3 heteroatoms. The summed E-state index contributed by atoms with van der Waals surface area (Å²) in [7, 11) is 1.66. The molecule has 2 atom stereocenters. The van der Waals surface area contributed by atoms with Gasteiger partial charge in [-0.15, -0.1) is 0 Å². The maximum absolute atomic E-state index is 12.2. The molecule has 0 aliphatic carbocycles. The number of ether oxygens (including phenoxy) is 1. The smallest absolute Gasteiger partial charge is 0.226 e. The standard InChI is InChI=1S/C15H21NO2/c1-4-13-9-11(2)16(15(13)17)10-12-5-7-14(18-3)8-6-12/h5-8,11,13H,4,9-10H2,1-3H3. The zero-order valence-corrected chi connectivity index (χ0v) is 11.3. The monoisotopic (exact) mass is 247 g/mol. The van der Waals surface area contributed by atoms with Crippen LogP contribution in [-0.4, -0.2) is 24.0 Å². The van der Waals surface area contributed by atoms with Crippen LogP contribution in [0.15, 0.2) is 24.3 Å². The van der Waals surface area contributed by atoms with E-state index in [0.717, 1.165) is 24.2 Å². The Morgan fingerprint density at radius 1 is 1.33 bits per heavy atom. The summed E-state index contributed by atoms with van der Waals surface area (Å²) in [6, 6.07) is 8.29. The molecule has 1 aromatic carbocycles. The van der Waals surface area contributed by atoms with Crippen molar-refractivity contribution in [3.05, 3.63) is 29.8 Å². The normalized spacial score (nSPS) is 23.5. The fourth-order valence-corrected chi connectivity index (χ4v) is 2.59. The summed E-state index contributed by atoms with van der Waals surface area (Å²) < 4.78 is 5.14. The topological polar surface area (TPSA) is 29.5 Å². The van der Waals surface area contributed by atoms with Gasteiger partial charge in [-0.05, 0) is 37.5 Å². The summed E-state index contributed by atoms with van der Waals surface area (Å²) in [5.74, 6) is 1.38. The van der Waals surface area contributed by atoms with Crippen LogP contribution >= 0.6 is 0 Å². The summed E-state index contributed by atoms with van der Waals surface area (Å²) in [5, 5.41) is 0. The van der Waals surface area contributed by atoms with Gasteiger partial charge in [0, 0.05) is 18.5 Å². The average Bonchev–Trinajstić information content (AvgIpc) is 2.67. The molecule has 1 saturated heterocycles. The van der Waals surface area contributed by atoms with Gasteiger partial charge in [0.15, 0.2) is 0 Å². The lowest BCUT2D eigenvalue weighted by molar-refractivity contribution is -0.132. The predicted octanol–water partition coefficient (Wildman–Crippen LogP) is 2.84. The molecule has 1 fully saturated rings. The maximum atomic E-state index is 12.2. The number of carbonyl (C=O) groups excluding carboxylic acids is 1. The molecule has 0 aromatic heterocycles. The van der Waals surface area contributed by atoms with Gasteiger partial charge in [0.25, 0.3) is 0 Å². The zero-order valence-electron chi connectivity index (χ0n) is 11.3. The van der Waals surface area contributed by atoms with E-state index in [0.29, 0.717) is 18.5 Å². The Morgan fingerprint density at radius 3 is 2.50 bits per heavy atom. The summed E-state index contributed by atoms with van der Waals surface area (Å²) in [6.07, 6.45) is 1.94. The molecule has 1 aliphatic heterocycles. The summed E-state index contributed by atoms with van der Waals surface area (Å²) in [4.78, 5) is 14.2. The van der Waals surface area contributed by atoms with Gasteiger partial charge in [-0.2, -0.15) is 0 Å². The lowest BCUT2D eigenvalue weighted by atomic mass is 10.0. The first-order chi connectivity index (χ1) is 8.65. The molecular weight excluding hydrogens is 226 g/mol. The van der Waals surface area contributed by atoms with Crippen LogP contribution in [0.1, 0.15) is 32.3 Å². The molecule has 2 unspecified atom stereocenters. The molecular formula is C15H21NO2. The Balaban J connectivity index is 2.06. The maximum Gasteiger partial charge on any atom is 0.226 e. The van der Waals surface area contributed by atoms with Crippen molar-refractivity contribution in [2.24, 2.45) is 5.92 Å². The second kappa shape index (κ2) is 5.42. The second-order valence-corrected chi connectivity index (χ2v) is 5.00. The van der Waals surface area contributed by atoms with Crippen LogP contribution in [0.25, 0.3) is 0 Å². The average molecular weight is 247 g/mol. The molecule has 18 heavy (non-hydrogen) atoms. The first-order valence-electron chi connectivity index (χ1n) is 6.59. The Morgan fingerprint density at radius 2 is 2.00 bits per heavy atom. The third kappa shape index (κ3) is 2.50. The van der Waals surface area contributed by atoms with Crippen molar-refractivity contribution < 1.29 is 9.53 Å². The van der Waals surface area contributed by atoms with E-state index in [-0.39, 0.29) is 5.92 Å². The highest BCUT2D eigenvalue weighted by Crippen LogP contribution is 2.28. The van der Waals surface area contributed by atoms with Crippen molar-refractivity contribution in [2.75, 3.05) is 7.11 Å². The van der Waals surface area contributed by atoms with Crippen molar-refractivity contribution in [2.45, 2.75) is 39.3 Å². The van der Waals surface area contributed by atoms with Crippen molar-refractivity contribution in [1.82, 2.24) is 4.90 Å². The summed E-state index contributed by atoms with van der Waals surface area (Å²) >= 11 is 0. The fraction of sp³-hybridized carbons (Fsp3) is 0.533. The molecule has 0 N–H and O–H groups in total. The lowest BCUT2D eigenvalue weighted by Gasteiger charge is -2.21. The third-order valence-corrected chi connectivity index (χ3v) is 3.79. The van der Waals surface area contributed by atoms with Gasteiger partial charge in [-0.3, -0.25) is 4.79 Å². The van der Waals surface area contributed by atoms with E-state index in [4.69, 9.17) is 4.74 Å². The lowest BCUT2D eigenvalue weighted by Crippen LogP contribution is -2.31.